The van der Waals surface area contributed by atoms with Gasteiger partial charge in [0.05, 0.1) is 5.69 Å². The Bertz CT molecular complexity index is 3650. The molecule has 0 fully saturated rings. The van der Waals surface area contributed by atoms with Gasteiger partial charge in [-0.05, 0) is 174 Å². The zero-order valence-corrected chi connectivity index (χ0v) is 47.9. The fourth-order valence-electron chi connectivity index (χ4n) is 14.8. The Labute approximate surface area is 449 Å². The Morgan fingerprint density at radius 2 is 0.987 bits per heavy atom. The highest BCUT2D eigenvalue weighted by atomic mass is 15.2. The third kappa shape index (κ3) is 6.92. The van der Waals surface area contributed by atoms with E-state index in [-0.39, 0.29) is 44.6 Å². The molecule has 0 saturated carbocycles. The number of nitrogens with zero attached hydrogens (tertiary/aromatic N) is 3. The zero-order valence-electron chi connectivity index (χ0n) is 47.9. The summed E-state index contributed by atoms with van der Waals surface area (Å²) in [6.07, 6.45) is 4.68. The van der Waals surface area contributed by atoms with Crippen molar-refractivity contribution in [2.24, 2.45) is 0 Å². The number of anilines is 6. The van der Waals surface area contributed by atoms with Crippen LogP contribution in [0, 0.1) is 0 Å². The van der Waals surface area contributed by atoms with Crippen molar-refractivity contribution in [3.63, 3.8) is 0 Å². The first-order chi connectivity index (χ1) is 35.2. The maximum atomic E-state index is 2.76. The molecular formula is C71H78BN3. The summed E-state index contributed by atoms with van der Waals surface area (Å²) in [4.78, 5) is 5.29. The molecule has 2 aliphatic heterocycles. The van der Waals surface area contributed by atoms with Gasteiger partial charge in [0.15, 0.2) is 0 Å². The minimum Gasteiger partial charge on any atom is -0.313 e. The molecule has 0 amide bonds. The summed E-state index contributed by atoms with van der Waals surface area (Å²) >= 11 is 0. The number of hydrogen-bond donors (Lipinski definition) is 0. The van der Waals surface area contributed by atoms with Crippen molar-refractivity contribution >= 4 is 68.1 Å². The van der Waals surface area contributed by atoms with Gasteiger partial charge in [0, 0.05) is 61.7 Å². The first-order valence-electron chi connectivity index (χ1n) is 28.3. The molecule has 13 rings (SSSR count). The maximum absolute atomic E-state index is 2.76. The van der Waals surface area contributed by atoms with Gasteiger partial charge >= 0.3 is 0 Å². The second-order valence-electron chi connectivity index (χ2n) is 28.8. The predicted octanol–water partition coefficient (Wildman–Crippen LogP) is 17.3. The normalized spacial score (nSPS) is 18.7. The molecule has 4 heteroatoms. The molecule has 3 aliphatic carbocycles. The van der Waals surface area contributed by atoms with Crippen molar-refractivity contribution in [2.75, 3.05) is 9.80 Å². The molecule has 380 valence electrons. The lowest BCUT2D eigenvalue weighted by Crippen LogP contribution is -2.61. The van der Waals surface area contributed by atoms with Crippen molar-refractivity contribution in [1.82, 2.24) is 4.57 Å². The summed E-state index contributed by atoms with van der Waals surface area (Å²) in [7, 11) is 0. The highest BCUT2D eigenvalue weighted by molar-refractivity contribution is 7.00. The number of fused-ring (bicyclic) bond motifs is 11. The summed E-state index contributed by atoms with van der Waals surface area (Å²) in [5.74, 6) is 0. The Balaban J connectivity index is 1.19. The Morgan fingerprint density at radius 1 is 0.453 bits per heavy atom. The number of hydrogen-bond acceptors (Lipinski definition) is 2. The van der Waals surface area contributed by atoms with Gasteiger partial charge in [-0.2, -0.15) is 0 Å². The molecule has 0 N–H and O–H groups in total. The van der Waals surface area contributed by atoms with E-state index in [4.69, 9.17) is 0 Å². The smallest absolute Gasteiger partial charge is 0.252 e. The third-order valence-corrected chi connectivity index (χ3v) is 19.6. The van der Waals surface area contributed by atoms with E-state index >= 15 is 0 Å². The van der Waals surface area contributed by atoms with Crippen molar-refractivity contribution < 1.29 is 0 Å². The van der Waals surface area contributed by atoms with E-state index in [1.807, 2.05) is 0 Å². The predicted molar refractivity (Wildman–Crippen MR) is 323 cm³/mol. The quantitative estimate of drug-likeness (QED) is 0.163. The van der Waals surface area contributed by atoms with Gasteiger partial charge in [0.25, 0.3) is 6.71 Å². The Hall–Kier alpha value is -6.26. The lowest BCUT2D eigenvalue weighted by Gasteiger charge is -2.47. The number of rotatable bonds is 4. The van der Waals surface area contributed by atoms with E-state index < -0.39 is 0 Å². The minimum absolute atomic E-state index is 0.0182. The van der Waals surface area contributed by atoms with Crippen LogP contribution in [-0.4, -0.2) is 11.3 Å². The Kier molecular flexibility index (Phi) is 9.97. The van der Waals surface area contributed by atoms with Gasteiger partial charge in [0.1, 0.15) is 0 Å². The van der Waals surface area contributed by atoms with Gasteiger partial charge < -0.3 is 14.4 Å². The molecule has 0 atom stereocenters. The largest absolute Gasteiger partial charge is 0.313 e. The average Bonchev–Trinajstić information content (AvgIpc) is 3.96. The summed E-state index contributed by atoms with van der Waals surface area (Å²) in [5, 5.41) is 1.36. The minimum atomic E-state index is -0.249. The van der Waals surface area contributed by atoms with Crippen molar-refractivity contribution in [3.8, 4) is 16.8 Å². The number of aromatic nitrogens is 1. The van der Waals surface area contributed by atoms with Gasteiger partial charge in [0.2, 0.25) is 0 Å². The van der Waals surface area contributed by atoms with E-state index in [1.54, 1.807) is 0 Å². The van der Waals surface area contributed by atoms with E-state index in [9.17, 15) is 0 Å². The zero-order chi connectivity index (χ0) is 52.9. The fourth-order valence-corrected chi connectivity index (χ4v) is 14.8. The van der Waals surface area contributed by atoms with Crippen LogP contribution in [0.5, 0.6) is 0 Å². The third-order valence-electron chi connectivity index (χ3n) is 19.6. The molecule has 0 saturated heterocycles. The SMILES string of the molecule is CC(C)(C)c1ccc(N(c2ccc(C(C)(C)C)cc2)c2cc3c4c(c2)-n2c5c(c6cccc(c62)B4c2cc4c(cc2N3c2ccc3c(c2)C(C)(C)CCC3(C)C)C(C)(C)CCC4(C)C)-c2ccccc2C5(C)C)cc1. The fraction of sp³-hybridized carbons (Fsp3) is 0.380. The lowest BCUT2D eigenvalue weighted by molar-refractivity contribution is 0.332. The van der Waals surface area contributed by atoms with Crippen molar-refractivity contribution in [2.45, 2.75) is 174 Å². The van der Waals surface area contributed by atoms with Crippen molar-refractivity contribution in [1.29, 1.82) is 0 Å². The topological polar surface area (TPSA) is 11.4 Å². The molecule has 3 nitrogen and oxygen atoms in total. The number of benzene rings is 7. The van der Waals surface area contributed by atoms with E-state index in [0.29, 0.717) is 0 Å². The van der Waals surface area contributed by atoms with Crippen LogP contribution in [0.1, 0.15) is 181 Å². The van der Waals surface area contributed by atoms with Crippen LogP contribution in [0.2, 0.25) is 0 Å². The van der Waals surface area contributed by atoms with Crippen molar-refractivity contribution in [3.05, 3.63) is 178 Å². The van der Waals surface area contributed by atoms with Gasteiger partial charge in [-0.15, -0.1) is 0 Å². The molecule has 0 spiro atoms. The van der Waals surface area contributed by atoms with Crippen LogP contribution in [0.3, 0.4) is 0 Å². The summed E-state index contributed by atoms with van der Waals surface area (Å²) < 4.78 is 2.76. The highest BCUT2D eigenvalue weighted by Gasteiger charge is 2.50. The monoisotopic (exact) mass is 984 g/mol. The first kappa shape index (κ1) is 48.4. The summed E-state index contributed by atoms with van der Waals surface area (Å²) in [6, 6.07) is 53.6. The second kappa shape index (κ2) is 15.5. The average molecular weight is 984 g/mol. The maximum Gasteiger partial charge on any atom is 0.252 e. The standard InChI is InChI=1S/C71H78BN3/c1-65(2,3)43-24-28-45(29-25-43)73(46-30-26-44(27-31-46)66(4,5)6)48-39-59-62-60(40-48)75-63-50(61-49-20-17-18-22-51(49)71(15,16)64(61)75)21-19-23-56(63)72(62)57-41-54-55(70(13,14)37-36-69(54,11)12)42-58(57)74(59)47-32-33-52-53(38-47)68(9,10)35-34-67(52,7)8/h17-33,38-42H,34-37H2,1-16H3. The Morgan fingerprint density at radius 3 is 1.57 bits per heavy atom. The molecule has 5 aliphatic rings. The number of para-hydroxylation sites is 1. The van der Waals surface area contributed by atoms with Crippen LogP contribution < -0.4 is 26.2 Å². The summed E-state index contributed by atoms with van der Waals surface area (Å²) in [6.45, 7) is 38.7. The van der Waals surface area contributed by atoms with E-state index in [0.717, 1.165) is 29.9 Å². The van der Waals surface area contributed by atoms with Crippen LogP contribution in [0.25, 0.3) is 27.7 Å². The van der Waals surface area contributed by atoms with Gasteiger partial charge in [-0.3, -0.25) is 0 Å². The molecule has 75 heavy (non-hydrogen) atoms. The van der Waals surface area contributed by atoms with Crippen LogP contribution in [0.15, 0.2) is 133 Å². The first-order valence-corrected chi connectivity index (χ1v) is 28.3. The van der Waals surface area contributed by atoms with E-state index in [1.165, 1.54) is 119 Å². The molecule has 7 aromatic carbocycles. The molecule has 8 aromatic rings. The molecule has 0 radical (unpaired) electrons. The molecular weight excluding hydrogens is 906 g/mol. The molecule has 1 aromatic heterocycles. The van der Waals surface area contributed by atoms with Crippen LogP contribution >= 0.6 is 0 Å². The van der Waals surface area contributed by atoms with Gasteiger partial charge in [-0.1, -0.05) is 190 Å². The van der Waals surface area contributed by atoms with Crippen LogP contribution in [0.4, 0.5) is 34.1 Å². The molecule has 0 unspecified atom stereocenters. The second-order valence-corrected chi connectivity index (χ2v) is 28.8. The van der Waals surface area contributed by atoms with E-state index in [2.05, 4.69) is 259 Å². The molecule has 3 heterocycles. The highest BCUT2D eigenvalue weighted by Crippen LogP contribution is 2.57. The van der Waals surface area contributed by atoms with Crippen LogP contribution in [-0.2, 0) is 37.9 Å². The summed E-state index contributed by atoms with van der Waals surface area (Å²) in [5.41, 5.74) is 28.4. The molecule has 0 bridgehead atoms. The van der Waals surface area contributed by atoms with Gasteiger partial charge in [-0.25, -0.2) is 0 Å². The lowest BCUT2D eigenvalue weighted by atomic mass is 9.33.